The molecule has 0 spiro atoms. The second-order valence-electron chi connectivity index (χ2n) is 4.85. The van der Waals surface area contributed by atoms with Crippen molar-refractivity contribution in [1.82, 2.24) is 20.2 Å². The summed E-state index contributed by atoms with van der Waals surface area (Å²) < 4.78 is 0. The zero-order valence-electron chi connectivity index (χ0n) is 12.0. The summed E-state index contributed by atoms with van der Waals surface area (Å²) in [6, 6.07) is 5.43. The molecule has 0 bridgehead atoms. The maximum absolute atomic E-state index is 12.0. The maximum atomic E-state index is 12.0. The summed E-state index contributed by atoms with van der Waals surface area (Å²) in [5.41, 5.74) is 0. The van der Waals surface area contributed by atoms with Crippen molar-refractivity contribution in [2.24, 2.45) is 0 Å². The van der Waals surface area contributed by atoms with E-state index in [0.717, 1.165) is 23.9 Å². The molecule has 0 aliphatic carbocycles. The van der Waals surface area contributed by atoms with E-state index in [9.17, 15) is 4.79 Å². The van der Waals surface area contributed by atoms with Crippen LogP contribution in [0, 0.1) is 0 Å². The van der Waals surface area contributed by atoms with Gasteiger partial charge < -0.3 is 10.2 Å². The molecule has 1 aliphatic heterocycles. The second kappa shape index (κ2) is 7.17. The first-order valence-corrected chi connectivity index (χ1v) is 8.07. The summed E-state index contributed by atoms with van der Waals surface area (Å²) in [5, 5.41) is 11.2. The monoisotopic (exact) mass is 316 g/mol. The third-order valence-corrected chi connectivity index (χ3v) is 4.17. The van der Waals surface area contributed by atoms with Crippen LogP contribution in [0.2, 0.25) is 0 Å². The van der Waals surface area contributed by atoms with E-state index in [1.807, 2.05) is 12.1 Å². The summed E-state index contributed by atoms with van der Waals surface area (Å²) in [6.07, 6.45) is 5.45. The van der Waals surface area contributed by atoms with Crippen molar-refractivity contribution in [3.05, 3.63) is 30.7 Å². The fourth-order valence-electron chi connectivity index (χ4n) is 2.22. The van der Waals surface area contributed by atoms with Crippen molar-refractivity contribution in [2.75, 3.05) is 29.1 Å². The molecule has 22 heavy (non-hydrogen) atoms. The van der Waals surface area contributed by atoms with Crippen molar-refractivity contribution >= 4 is 29.3 Å². The molecule has 2 aromatic rings. The van der Waals surface area contributed by atoms with Crippen molar-refractivity contribution < 1.29 is 4.79 Å². The highest BCUT2D eigenvalue weighted by atomic mass is 32.2. The molecule has 7 nitrogen and oxygen atoms in total. The van der Waals surface area contributed by atoms with Gasteiger partial charge in [-0.2, -0.15) is 5.10 Å². The maximum Gasteiger partial charge on any atom is 0.235 e. The number of thioether (sulfide) groups is 1. The van der Waals surface area contributed by atoms with Crippen LogP contribution < -0.4 is 10.2 Å². The Balaban J connectivity index is 1.56. The summed E-state index contributed by atoms with van der Waals surface area (Å²) >= 11 is 1.34. The number of rotatable bonds is 5. The zero-order chi connectivity index (χ0) is 15.2. The highest BCUT2D eigenvalue weighted by Crippen LogP contribution is 2.19. The molecule has 1 saturated heterocycles. The lowest BCUT2D eigenvalue weighted by atomic mass is 10.4. The number of anilines is 2. The standard InChI is InChI=1S/C14H16N6OS/c21-13(9-22-14-4-3-5-17-19-14)18-11-8-12(16-10-15-11)20-6-1-2-7-20/h3-5,8,10H,1-2,6-7,9H2,(H,15,16,18,21). The van der Waals surface area contributed by atoms with Crippen LogP contribution in [0.25, 0.3) is 0 Å². The van der Waals surface area contributed by atoms with E-state index in [1.165, 1.54) is 30.9 Å². The van der Waals surface area contributed by atoms with E-state index < -0.39 is 0 Å². The van der Waals surface area contributed by atoms with Crippen LogP contribution in [0.4, 0.5) is 11.6 Å². The van der Waals surface area contributed by atoms with E-state index in [-0.39, 0.29) is 11.7 Å². The Kier molecular flexibility index (Phi) is 4.79. The topological polar surface area (TPSA) is 83.9 Å². The van der Waals surface area contributed by atoms with E-state index in [0.29, 0.717) is 5.82 Å². The van der Waals surface area contributed by atoms with Crippen LogP contribution >= 0.6 is 11.8 Å². The Bertz CT molecular complexity index is 632. The molecular weight excluding hydrogens is 300 g/mol. The van der Waals surface area contributed by atoms with E-state index in [1.54, 1.807) is 12.3 Å². The van der Waals surface area contributed by atoms with Gasteiger partial charge >= 0.3 is 0 Å². The third-order valence-electron chi connectivity index (χ3n) is 3.25. The number of carbonyl (C=O) groups excluding carboxylic acids is 1. The molecule has 114 valence electrons. The van der Waals surface area contributed by atoms with Gasteiger partial charge in [0.25, 0.3) is 0 Å². The van der Waals surface area contributed by atoms with Gasteiger partial charge in [0.05, 0.1) is 5.75 Å². The first-order chi connectivity index (χ1) is 10.8. The minimum atomic E-state index is -0.123. The highest BCUT2D eigenvalue weighted by Gasteiger charge is 2.14. The van der Waals surface area contributed by atoms with Crippen LogP contribution in [0.5, 0.6) is 0 Å². The summed E-state index contributed by atoms with van der Waals surface area (Å²) in [7, 11) is 0. The molecule has 0 saturated carbocycles. The number of hydrogen-bond donors (Lipinski definition) is 1. The SMILES string of the molecule is O=C(CSc1cccnn1)Nc1cc(N2CCCC2)ncn1. The number of amides is 1. The van der Waals surface area contributed by atoms with Crippen LogP contribution in [-0.2, 0) is 4.79 Å². The fourth-order valence-corrected chi connectivity index (χ4v) is 2.85. The Morgan fingerprint density at radius 2 is 2.18 bits per heavy atom. The molecule has 3 rings (SSSR count). The first-order valence-electron chi connectivity index (χ1n) is 7.08. The van der Waals surface area contributed by atoms with Gasteiger partial charge in [-0.25, -0.2) is 9.97 Å². The van der Waals surface area contributed by atoms with Gasteiger partial charge in [-0.3, -0.25) is 4.79 Å². The molecule has 0 unspecified atom stereocenters. The predicted molar refractivity (Wildman–Crippen MR) is 84.9 cm³/mol. The van der Waals surface area contributed by atoms with Crippen LogP contribution in [0.1, 0.15) is 12.8 Å². The van der Waals surface area contributed by atoms with Gasteiger partial charge in [0, 0.05) is 25.4 Å². The zero-order valence-corrected chi connectivity index (χ0v) is 12.8. The van der Waals surface area contributed by atoms with Crippen molar-refractivity contribution in [2.45, 2.75) is 17.9 Å². The minimum Gasteiger partial charge on any atom is -0.356 e. The molecule has 0 radical (unpaired) electrons. The lowest BCUT2D eigenvalue weighted by Crippen LogP contribution is -2.20. The third kappa shape index (κ3) is 3.91. The molecule has 1 aliphatic rings. The molecule has 3 heterocycles. The first kappa shape index (κ1) is 14.7. The Morgan fingerprint density at radius 1 is 1.32 bits per heavy atom. The molecule has 8 heteroatoms. The van der Waals surface area contributed by atoms with E-state index in [2.05, 4.69) is 30.4 Å². The van der Waals surface area contributed by atoms with Gasteiger partial charge in [-0.15, -0.1) is 5.10 Å². The minimum absolute atomic E-state index is 0.123. The molecule has 1 N–H and O–H groups in total. The van der Waals surface area contributed by atoms with Crippen molar-refractivity contribution in [3.63, 3.8) is 0 Å². The number of nitrogens with one attached hydrogen (secondary N) is 1. The Labute approximate surface area is 132 Å². The van der Waals surface area contributed by atoms with Crippen LogP contribution in [0.15, 0.2) is 35.7 Å². The summed E-state index contributed by atoms with van der Waals surface area (Å²) in [5.74, 6) is 1.54. The second-order valence-corrected chi connectivity index (χ2v) is 5.85. The lowest BCUT2D eigenvalue weighted by molar-refractivity contribution is -0.113. The Morgan fingerprint density at radius 3 is 2.95 bits per heavy atom. The predicted octanol–water partition coefficient (Wildman–Crippen LogP) is 1.60. The molecule has 0 atom stereocenters. The molecule has 1 fully saturated rings. The quantitative estimate of drug-likeness (QED) is 0.839. The van der Waals surface area contributed by atoms with Crippen molar-refractivity contribution in [1.29, 1.82) is 0 Å². The van der Waals surface area contributed by atoms with Crippen LogP contribution in [-0.4, -0.2) is 44.9 Å². The molecule has 0 aromatic carbocycles. The number of hydrogen-bond acceptors (Lipinski definition) is 7. The van der Waals surface area contributed by atoms with Gasteiger partial charge in [-0.1, -0.05) is 11.8 Å². The Hall–Kier alpha value is -2.22. The summed E-state index contributed by atoms with van der Waals surface area (Å²) in [4.78, 5) is 22.5. The average Bonchev–Trinajstić information content (AvgIpc) is 3.09. The highest BCUT2D eigenvalue weighted by molar-refractivity contribution is 7.99. The van der Waals surface area contributed by atoms with Gasteiger partial charge in [0.1, 0.15) is 23.0 Å². The number of aromatic nitrogens is 4. The fraction of sp³-hybridized carbons (Fsp3) is 0.357. The smallest absolute Gasteiger partial charge is 0.235 e. The average molecular weight is 316 g/mol. The molecular formula is C14H16N6OS. The van der Waals surface area contributed by atoms with Gasteiger partial charge in [0.15, 0.2) is 0 Å². The largest absolute Gasteiger partial charge is 0.356 e. The van der Waals surface area contributed by atoms with Crippen molar-refractivity contribution in [3.8, 4) is 0 Å². The van der Waals surface area contributed by atoms with E-state index in [4.69, 9.17) is 0 Å². The van der Waals surface area contributed by atoms with Gasteiger partial charge in [0.2, 0.25) is 5.91 Å². The molecule has 1 amide bonds. The molecule has 2 aromatic heterocycles. The van der Waals surface area contributed by atoms with Gasteiger partial charge in [-0.05, 0) is 25.0 Å². The normalized spacial score (nSPS) is 14.1. The van der Waals surface area contributed by atoms with Crippen LogP contribution in [0.3, 0.4) is 0 Å². The number of carbonyl (C=O) groups is 1. The lowest BCUT2D eigenvalue weighted by Gasteiger charge is -2.16. The number of nitrogens with zero attached hydrogens (tertiary/aromatic N) is 5. The van der Waals surface area contributed by atoms with E-state index >= 15 is 0 Å². The summed E-state index contributed by atoms with van der Waals surface area (Å²) in [6.45, 7) is 2.01.